The van der Waals surface area contributed by atoms with Crippen LogP contribution in [0.5, 0.6) is 23.0 Å². The van der Waals surface area contributed by atoms with Crippen molar-refractivity contribution in [1.29, 1.82) is 0 Å². The molecule has 3 aromatic carbocycles. The summed E-state index contributed by atoms with van der Waals surface area (Å²) in [6, 6.07) is 33.3. The van der Waals surface area contributed by atoms with Crippen molar-refractivity contribution in [3.8, 4) is 28.7 Å². The Hall–Kier alpha value is -4.82. The first-order valence-electron chi connectivity index (χ1n) is 12.9. The van der Waals surface area contributed by atoms with Gasteiger partial charge in [0, 0.05) is 29.5 Å². The van der Waals surface area contributed by atoms with Crippen molar-refractivity contribution < 1.29 is 14.2 Å². The standard InChI is InChI=1S/C32H28N4O3S/c1-37-24-12-8-22(9-13-24)35-21-5-7-29(35)31-30(28-6-3-4-20-33-28)34-32(40)36(31)23-10-14-26(15-11-23)39-27-18-16-25(38-2)17-19-27/h3-21,30-31H,1-2H3,(H,34,40). The Morgan fingerprint density at radius 3 is 1.93 bits per heavy atom. The molecule has 0 saturated carbocycles. The van der Waals surface area contributed by atoms with Crippen LogP contribution < -0.4 is 24.4 Å². The number of hydrogen-bond donors (Lipinski definition) is 1. The predicted molar refractivity (Wildman–Crippen MR) is 160 cm³/mol. The lowest BCUT2D eigenvalue weighted by Gasteiger charge is -2.29. The molecule has 0 spiro atoms. The van der Waals surface area contributed by atoms with E-state index < -0.39 is 0 Å². The summed E-state index contributed by atoms with van der Waals surface area (Å²) in [5.74, 6) is 3.06. The third-order valence-electron chi connectivity index (χ3n) is 6.94. The topological polar surface area (TPSA) is 60.8 Å². The molecule has 1 fully saturated rings. The van der Waals surface area contributed by atoms with Crippen LogP contribution in [-0.4, -0.2) is 28.9 Å². The Kier molecular flexibility index (Phi) is 7.08. The smallest absolute Gasteiger partial charge is 0.174 e. The highest BCUT2D eigenvalue weighted by Gasteiger charge is 2.42. The van der Waals surface area contributed by atoms with E-state index in [2.05, 4.69) is 50.2 Å². The summed E-state index contributed by atoms with van der Waals surface area (Å²) in [5.41, 5.74) is 3.97. The van der Waals surface area contributed by atoms with Crippen molar-refractivity contribution in [2.75, 3.05) is 19.1 Å². The van der Waals surface area contributed by atoms with E-state index in [0.717, 1.165) is 45.8 Å². The highest BCUT2D eigenvalue weighted by molar-refractivity contribution is 7.80. The number of hydrogen-bond acceptors (Lipinski definition) is 5. The fourth-order valence-electron chi connectivity index (χ4n) is 5.00. The van der Waals surface area contributed by atoms with Crippen LogP contribution >= 0.6 is 12.2 Å². The van der Waals surface area contributed by atoms with Gasteiger partial charge in [-0.25, -0.2) is 0 Å². The van der Waals surface area contributed by atoms with Gasteiger partial charge in [-0.05, 0) is 109 Å². The zero-order valence-electron chi connectivity index (χ0n) is 22.1. The molecule has 0 bridgehead atoms. The highest BCUT2D eigenvalue weighted by Crippen LogP contribution is 2.42. The van der Waals surface area contributed by atoms with E-state index in [4.69, 9.17) is 26.4 Å². The van der Waals surface area contributed by atoms with Crippen molar-refractivity contribution >= 4 is 23.0 Å². The molecule has 2 unspecified atom stereocenters. The summed E-state index contributed by atoms with van der Waals surface area (Å²) >= 11 is 5.92. The summed E-state index contributed by atoms with van der Waals surface area (Å²) in [7, 11) is 3.32. The molecule has 0 amide bonds. The van der Waals surface area contributed by atoms with Gasteiger partial charge in [0.05, 0.1) is 26.0 Å². The monoisotopic (exact) mass is 548 g/mol. The van der Waals surface area contributed by atoms with Crippen molar-refractivity contribution in [1.82, 2.24) is 14.9 Å². The van der Waals surface area contributed by atoms with Gasteiger partial charge in [0.25, 0.3) is 0 Å². The SMILES string of the molecule is COc1ccc(Oc2ccc(N3C(=S)NC(c4ccccn4)C3c3cccn3-c3ccc(OC)cc3)cc2)cc1. The van der Waals surface area contributed by atoms with Gasteiger partial charge in [0.2, 0.25) is 0 Å². The molecule has 40 heavy (non-hydrogen) atoms. The molecule has 7 nitrogen and oxygen atoms in total. The number of ether oxygens (including phenoxy) is 3. The van der Waals surface area contributed by atoms with Gasteiger partial charge in [-0.2, -0.15) is 0 Å². The predicted octanol–water partition coefficient (Wildman–Crippen LogP) is 6.86. The number of anilines is 1. The fourth-order valence-corrected chi connectivity index (χ4v) is 5.35. The molecule has 2 aromatic heterocycles. The minimum Gasteiger partial charge on any atom is -0.497 e. The van der Waals surface area contributed by atoms with Crippen LogP contribution in [-0.2, 0) is 0 Å². The van der Waals surface area contributed by atoms with Crippen LogP contribution in [0.25, 0.3) is 5.69 Å². The van der Waals surface area contributed by atoms with Gasteiger partial charge in [0.1, 0.15) is 29.0 Å². The van der Waals surface area contributed by atoms with Crippen molar-refractivity contribution in [3.63, 3.8) is 0 Å². The van der Waals surface area contributed by atoms with Gasteiger partial charge in [-0.1, -0.05) is 6.07 Å². The average Bonchev–Trinajstić information content (AvgIpc) is 3.63. The highest BCUT2D eigenvalue weighted by atomic mass is 32.1. The van der Waals surface area contributed by atoms with Gasteiger partial charge in [0.15, 0.2) is 5.11 Å². The summed E-state index contributed by atoms with van der Waals surface area (Å²) < 4.78 is 18.9. The zero-order valence-corrected chi connectivity index (χ0v) is 22.9. The van der Waals surface area contributed by atoms with Gasteiger partial charge in [-0.15, -0.1) is 0 Å². The molecule has 1 N–H and O–H groups in total. The van der Waals surface area contributed by atoms with Gasteiger partial charge in [-0.3, -0.25) is 4.98 Å². The molecule has 200 valence electrons. The Balaban J connectivity index is 1.36. The van der Waals surface area contributed by atoms with E-state index in [1.165, 1.54) is 0 Å². The molecule has 1 aliphatic heterocycles. The summed E-state index contributed by atoms with van der Waals surface area (Å²) in [6.07, 6.45) is 3.88. The van der Waals surface area contributed by atoms with E-state index in [0.29, 0.717) is 5.11 Å². The maximum absolute atomic E-state index is 6.06. The molecule has 2 atom stereocenters. The van der Waals surface area contributed by atoms with E-state index >= 15 is 0 Å². The van der Waals surface area contributed by atoms with Crippen LogP contribution in [0.3, 0.4) is 0 Å². The van der Waals surface area contributed by atoms with Crippen LogP contribution in [0.1, 0.15) is 23.5 Å². The van der Waals surface area contributed by atoms with Crippen molar-refractivity contribution in [3.05, 3.63) is 127 Å². The molecule has 0 radical (unpaired) electrons. The lowest BCUT2D eigenvalue weighted by molar-refractivity contribution is 0.413. The lowest BCUT2D eigenvalue weighted by Crippen LogP contribution is -2.30. The van der Waals surface area contributed by atoms with E-state index in [1.54, 1.807) is 14.2 Å². The third kappa shape index (κ3) is 4.97. The first-order chi connectivity index (χ1) is 19.6. The third-order valence-corrected chi connectivity index (χ3v) is 7.26. The van der Waals surface area contributed by atoms with E-state index in [1.807, 2.05) is 85.1 Å². The molecule has 0 aliphatic carbocycles. The first kappa shape index (κ1) is 25.5. The molecular weight excluding hydrogens is 520 g/mol. The first-order valence-corrected chi connectivity index (χ1v) is 13.3. The molecular formula is C32H28N4O3S. The Labute approximate surface area is 238 Å². The summed E-state index contributed by atoms with van der Waals surface area (Å²) in [4.78, 5) is 6.83. The Morgan fingerprint density at radius 2 is 1.30 bits per heavy atom. The lowest BCUT2D eigenvalue weighted by atomic mass is 10.0. The van der Waals surface area contributed by atoms with Crippen molar-refractivity contribution in [2.24, 2.45) is 0 Å². The van der Waals surface area contributed by atoms with Crippen LogP contribution in [0.2, 0.25) is 0 Å². The maximum atomic E-state index is 6.06. The molecule has 8 heteroatoms. The quantitative estimate of drug-likeness (QED) is 0.213. The molecule has 1 aliphatic rings. The molecule has 5 aromatic rings. The van der Waals surface area contributed by atoms with Crippen LogP contribution in [0.4, 0.5) is 5.69 Å². The average molecular weight is 549 g/mol. The molecule has 6 rings (SSSR count). The number of nitrogens with one attached hydrogen (secondary N) is 1. The Morgan fingerprint density at radius 1 is 0.700 bits per heavy atom. The normalized spacial score (nSPS) is 16.4. The number of pyridine rings is 1. The second-order valence-electron chi connectivity index (χ2n) is 9.27. The van der Waals surface area contributed by atoms with Crippen LogP contribution in [0, 0.1) is 0 Å². The number of methoxy groups -OCH3 is 2. The maximum Gasteiger partial charge on any atom is 0.174 e. The summed E-state index contributed by atoms with van der Waals surface area (Å²) in [5, 5.41) is 4.17. The largest absolute Gasteiger partial charge is 0.497 e. The van der Waals surface area contributed by atoms with E-state index in [9.17, 15) is 0 Å². The minimum atomic E-state index is -0.159. The van der Waals surface area contributed by atoms with Gasteiger partial charge >= 0.3 is 0 Å². The summed E-state index contributed by atoms with van der Waals surface area (Å²) in [6.45, 7) is 0. The molecule has 1 saturated heterocycles. The van der Waals surface area contributed by atoms with Crippen LogP contribution in [0.15, 0.2) is 116 Å². The fraction of sp³-hybridized carbons (Fsp3) is 0.125. The minimum absolute atomic E-state index is 0.157. The second kappa shape index (κ2) is 11.1. The van der Waals surface area contributed by atoms with E-state index in [-0.39, 0.29) is 12.1 Å². The number of benzene rings is 3. The molecule has 3 heterocycles. The number of aromatic nitrogens is 2. The van der Waals surface area contributed by atoms with Gasteiger partial charge < -0.3 is 29.0 Å². The number of thiocarbonyl (C=S) groups is 1. The second-order valence-corrected chi connectivity index (χ2v) is 9.66. The Bertz CT molecular complexity index is 1590. The number of nitrogens with zero attached hydrogens (tertiary/aromatic N) is 3. The zero-order chi connectivity index (χ0) is 27.5. The number of rotatable bonds is 8. The van der Waals surface area contributed by atoms with Crippen molar-refractivity contribution in [2.45, 2.75) is 12.1 Å².